The Hall–Kier alpha value is -2.53. The van der Waals surface area contributed by atoms with E-state index in [9.17, 15) is 4.79 Å². The molecule has 0 saturated carbocycles. The Kier molecular flexibility index (Phi) is 6.12. The molecule has 1 amide bonds. The van der Waals surface area contributed by atoms with Crippen molar-refractivity contribution in [3.05, 3.63) is 54.1 Å². The first kappa shape index (κ1) is 18.8. The minimum atomic E-state index is 0.0613. The number of hydrogen-bond donors (Lipinski definition) is 1. The summed E-state index contributed by atoms with van der Waals surface area (Å²) in [6, 6.07) is 16.8. The Labute approximate surface area is 167 Å². The number of carbonyl (C=O) groups excluding carboxylic acids is 1. The molecule has 0 aliphatic carbocycles. The Morgan fingerprint density at radius 1 is 0.821 bits per heavy atom. The molecule has 2 aliphatic heterocycles. The van der Waals surface area contributed by atoms with Crippen molar-refractivity contribution in [2.45, 2.75) is 25.7 Å². The lowest BCUT2D eigenvalue weighted by Crippen LogP contribution is -2.36. The topological polar surface area (TPSA) is 44.8 Å². The highest BCUT2D eigenvalue weighted by Gasteiger charge is 2.13. The highest BCUT2D eigenvalue weighted by atomic mass is 16.5. The number of ether oxygens (including phenoxy) is 1. The van der Waals surface area contributed by atoms with E-state index < -0.39 is 0 Å². The summed E-state index contributed by atoms with van der Waals surface area (Å²) in [6.07, 6.45) is 3.78. The molecule has 0 spiro atoms. The van der Waals surface area contributed by atoms with Crippen LogP contribution in [-0.4, -0.2) is 45.3 Å². The van der Waals surface area contributed by atoms with Gasteiger partial charge in [-0.1, -0.05) is 12.1 Å². The molecule has 5 heteroatoms. The van der Waals surface area contributed by atoms with Crippen molar-refractivity contribution < 1.29 is 9.53 Å². The van der Waals surface area contributed by atoms with Crippen molar-refractivity contribution in [3.63, 3.8) is 0 Å². The minimum absolute atomic E-state index is 0.0613. The van der Waals surface area contributed by atoms with Crippen LogP contribution < -0.4 is 15.1 Å². The smallest absolute Gasteiger partial charge is 0.224 e. The van der Waals surface area contributed by atoms with Gasteiger partial charge in [-0.15, -0.1) is 0 Å². The third-order valence-corrected chi connectivity index (χ3v) is 5.58. The summed E-state index contributed by atoms with van der Waals surface area (Å²) in [5, 5.41) is 3.01. The van der Waals surface area contributed by atoms with Crippen molar-refractivity contribution in [2.24, 2.45) is 0 Å². The molecular weight excluding hydrogens is 350 g/mol. The van der Waals surface area contributed by atoms with Crippen LogP contribution in [0.3, 0.4) is 0 Å². The maximum absolute atomic E-state index is 12.3. The molecule has 2 aliphatic rings. The van der Waals surface area contributed by atoms with E-state index in [2.05, 4.69) is 51.5 Å². The number of hydrogen-bond acceptors (Lipinski definition) is 4. The fourth-order valence-corrected chi connectivity index (χ4v) is 3.91. The molecule has 5 nitrogen and oxygen atoms in total. The zero-order valence-electron chi connectivity index (χ0n) is 16.4. The van der Waals surface area contributed by atoms with E-state index in [0.717, 1.165) is 51.5 Å². The predicted molar refractivity (Wildman–Crippen MR) is 114 cm³/mol. The Balaban J connectivity index is 1.24. The van der Waals surface area contributed by atoms with Crippen LogP contribution in [0, 0.1) is 0 Å². The van der Waals surface area contributed by atoms with Gasteiger partial charge in [0.1, 0.15) is 0 Å². The van der Waals surface area contributed by atoms with E-state index >= 15 is 0 Å². The van der Waals surface area contributed by atoms with Crippen LogP contribution in [0.5, 0.6) is 0 Å². The summed E-state index contributed by atoms with van der Waals surface area (Å²) >= 11 is 0. The molecule has 0 aromatic heterocycles. The molecule has 28 heavy (non-hydrogen) atoms. The number of benzene rings is 2. The van der Waals surface area contributed by atoms with Gasteiger partial charge in [0.15, 0.2) is 0 Å². The van der Waals surface area contributed by atoms with Crippen molar-refractivity contribution in [1.82, 2.24) is 0 Å². The average molecular weight is 380 g/mol. The highest BCUT2D eigenvalue weighted by molar-refractivity contribution is 5.91. The van der Waals surface area contributed by atoms with Gasteiger partial charge in [-0.2, -0.15) is 0 Å². The number of nitrogens with zero attached hydrogens (tertiary/aromatic N) is 2. The first-order valence-corrected chi connectivity index (χ1v) is 10.3. The Bertz CT molecular complexity index is 761. The standard InChI is InChI=1S/C23H29N3O2/c27-23(24-20-6-10-22(11-7-20)25-13-1-2-14-25)12-5-19-3-8-21(9-4-19)26-15-17-28-18-16-26/h3-4,6-11H,1-2,5,12-18H2,(H,24,27). The van der Waals surface area contributed by atoms with Crippen LogP contribution in [0.2, 0.25) is 0 Å². The second-order valence-corrected chi connectivity index (χ2v) is 7.56. The van der Waals surface area contributed by atoms with Gasteiger partial charge in [0.05, 0.1) is 13.2 Å². The number of rotatable bonds is 6. The van der Waals surface area contributed by atoms with E-state index in [1.165, 1.54) is 29.8 Å². The van der Waals surface area contributed by atoms with Gasteiger partial charge < -0.3 is 19.9 Å². The summed E-state index contributed by atoms with van der Waals surface area (Å²) in [5.74, 6) is 0.0613. The molecule has 4 rings (SSSR count). The normalized spacial score (nSPS) is 17.0. The zero-order valence-corrected chi connectivity index (χ0v) is 16.4. The fraction of sp³-hybridized carbons (Fsp3) is 0.435. The van der Waals surface area contributed by atoms with Crippen LogP contribution >= 0.6 is 0 Å². The van der Waals surface area contributed by atoms with Gasteiger partial charge in [-0.05, 0) is 61.2 Å². The van der Waals surface area contributed by atoms with Gasteiger partial charge in [0.2, 0.25) is 5.91 Å². The fourth-order valence-electron chi connectivity index (χ4n) is 3.91. The molecule has 2 fully saturated rings. The highest BCUT2D eigenvalue weighted by Crippen LogP contribution is 2.22. The monoisotopic (exact) mass is 379 g/mol. The third-order valence-electron chi connectivity index (χ3n) is 5.58. The summed E-state index contributed by atoms with van der Waals surface area (Å²) in [7, 11) is 0. The number of morpholine rings is 1. The summed E-state index contributed by atoms with van der Waals surface area (Å²) < 4.78 is 5.40. The average Bonchev–Trinajstić information content (AvgIpc) is 3.29. The molecular formula is C23H29N3O2. The maximum atomic E-state index is 12.3. The summed E-state index contributed by atoms with van der Waals surface area (Å²) in [6.45, 7) is 5.74. The molecule has 0 atom stereocenters. The third kappa shape index (κ3) is 4.84. The zero-order chi connectivity index (χ0) is 19.2. The SMILES string of the molecule is O=C(CCc1ccc(N2CCOCC2)cc1)Nc1ccc(N2CCCC2)cc1. The second-order valence-electron chi connectivity index (χ2n) is 7.56. The molecule has 2 saturated heterocycles. The number of nitrogens with one attached hydrogen (secondary N) is 1. The van der Waals surface area contributed by atoms with Crippen molar-refractivity contribution in [1.29, 1.82) is 0 Å². The molecule has 148 valence electrons. The van der Waals surface area contributed by atoms with E-state index in [1.807, 2.05) is 12.1 Å². The number of amides is 1. The van der Waals surface area contributed by atoms with Gasteiger partial charge in [-0.25, -0.2) is 0 Å². The lowest BCUT2D eigenvalue weighted by molar-refractivity contribution is -0.116. The predicted octanol–water partition coefficient (Wildman–Crippen LogP) is 3.69. The van der Waals surface area contributed by atoms with Crippen LogP contribution in [0.1, 0.15) is 24.8 Å². The lowest BCUT2D eigenvalue weighted by atomic mass is 10.1. The second kappa shape index (κ2) is 9.11. The molecule has 0 unspecified atom stereocenters. The maximum Gasteiger partial charge on any atom is 0.224 e. The first-order valence-electron chi connectivity index (χ1n) is 10.3. The first-order chi connectivity index (χ1) is 13.8. The number of aryl methyl sites for hydroxylation is 1. The lowest BCUT2D eigenvalue weighted by Gasteiger charge is -2.28. The largest absolute Gasteiger partial charge is 0.378 e. The number of anilines is 3. The van der Waals surface area contributed by atoms with Crippen LogP contribution in [0.4, 0.5) is 17.1 Å². The van der Waals surface area contributed by atoms with Crippen LogP contribution in [-0.2, 0) is 16.0 Å². The number of carbonyl (C=O) groups is 1. The van der Waals surface area contributed by atoms with E-state index in [4.69, 9.17) is 4.74 Å². The Morgan fingerprint density at radius 3 is 2.04 bits per heavy atom. The van der Waals surface area contributed by atoms with Crippen molar-refractivity contribution in [2.75, 3.05) is 54.5 Å². The Morgan fingerprint density at radius 2 is 1.39 bits per heavy atom. The van der Waals surface area contributed by atoms with Gasteiger partial charge in [0, 0.05) is 49.7 Å². The summed E-state index contributed by atoms with van der Waals surface area (Å²) in [4.78, 5) is 17.0. The minimum Gasteiger partial charge on any atom is -0.378 e. The molecule has 0 radical (unpaired) electrons. The molecule has 1 N–H and O–H groups in total. The van der Waals surface area contributed by atoms with Gasteiger partial charge in [-0.3, -0.25) is 4.79 Å². The van der Waals surface area contributed by atoms with Crippen molar-refractivity contribution >= 4 is 23.0 Å². The van der Waals surface area contributed by atoms with Crippen LogP contribution in [0.15, 0.2) is 48.5 Å². The van der Waals surface area contributed by atoms with Crippen molar-refractivity contribution in [3.8, 4) is 0 Å². The van der Waals surface area contributed by atoms with E-state index in [-0.39, 0.29) is 5.91 Å². The van der Waals surface area contributed by atoms with E-state index in [1.54, 1.807) is 0 Å². The van der Waals surface area contributed by atoms with Gasteiger partial charge in [0.25, 0.3) is 0 Å². The molecule has 2 aromatic carbocycles. The molecule has 2 heterocycles. The molecule has 2 aromatic rings. The van der Waals surface area contributed by atoms with Crippen LogP contribution in [0.25, 0.3) is 0 Å². The quantitative estimate of drug-likeness (QED) is 0.831. The summed E-state index contributed by atoms with van der Waals surface area (Å²) in [5.41, 5.74) is 4.54. The van der Waals surface area contributed by atoms with E-state index in [0.29, 0.717) is 6.42 Å². The molecule has 0 bridgehead atoms. The van der Waals surface area contributed by atoms with Gasteiger partial charge >= 0.3 is 0 Å².